The van der Waals surface area contributed by atoms with Crippen molar-refractivity contribution in [2.45, 2.75) is 69.4 Å². The van der Waals surface area contributed by atoms with Crippen LogP contribution in [0.15, 0.2) is 0 Å². The van der Waals surface area contributed by atoms with Crippen LogP contribution in [-0.2, 0) is 14.4 Å². The first-order valence-electron chi connectivity index (χ1n) is 7.89. The Morgan fingerprint density at radius 1 is 0.760 bits per heavy atom. The third-order valence-corrected chi connectivity index (χ3v) is 3.20. The lowest BCUT2D eigenvalue weighted by Crippen LogP contribution is -2.46. The van der Waals surface area contributed by atoms with Crippen LogP contribution in [0.2, 0.25) is 0 Å². The van der Waals surface area contributed by atoms with Crippen LogP contribution in [0.3, 0.4) is 0 Å². The molecule has 0 saturated carbocycles. The van der Waals surface area contributed by atoms with Crippen molar-refractivity contribution in [1.82, 2.24) is 0 Å². The van der Waals surface area contributed by atoms with Crippen molar-refractivity contribution >= 4 is 18.2 Å². The summed E-state index contributed by atoms with van der Waals surface area (Å²) in [6, 6.07) is 0. The van der Waals surface area contributed by atoms with Gasteiger partial charge in [-0.2, -0.15) is 0 Å². The predicted octanol–water partition coefficient (Wildman–Crippen LogP) is -1.49. The van der Waals surface area contributed by atoms with Gasteiger partial charge in [-0.05, 0) is 12.8 Å². The Labute approximate surface area is 145 Å². The number of carboxylic acids is 2. The SMILES string of the molecule is O=C(O)CCCCCCCC(=O)O.O=C[C@H](O)[C@@H](O)[C@H](O)[C@H](O)CO. The molecule has 0 aromatic heterocycles. The van der Waals surface area contributed by atoms with Crippen LogP contribution in [0.1, 0.15) is 44.9 Å². The number of aliphatic hydroxyl groups is 5. The normalized spacial score (nSPS) is 15.2. The molecule has 0 saturated heterocycles. The lowest BCUT2D eigenvalue weighted by molar-refractivity contribution is -0.138. The average Bonchev–Trinajstić information content (AvgIpc) is 2.58. The molecular formula is C15H28O10. The summed E-state index contributed by atoms with van der Waals surface area (Å²) in [6.45, 7) is -0.760. The van der Waals surface area contributed by atoms with Gasteiger partial charge in [0.2, 0.25) is 0 Å². The standard InChI is InChI=1S/C9H16O4.C6H12O6/c10-8(11)6-4-2-1-3-5-7-9(12)13;7-1-3(9)5(11)6(12)4(10)2-8/h1-7H2,(H,10,11)(H,12,13);1,3-6,8-12H,2H2/t;3-,4+,5+,6+/m.0/s1. The number of aliphatic carboxylic acids is 2. The first-order chi connectivity index (χ1) is 11.7. The van der Waals surface area contributed by atoms with E-state index < -0.39 is 43.0 Å². The fraction of sp³-hybridized carbons (Fsp3) is 0.800. The number of aldehydes is 1. The fourth-order valence-corrected chi connectivity index (χ4v) is 1.70. The van der Waals surface area contributed by atoms with Crippen LogP contribution < -0.4 is 0 Å². The second-order valence-electron chi connectivity index (χ2n) is 5.41. The Bertz CT molecular complexity index is 355. The number of carbonyl (C=O) groups excluding carboxylic acids is 1. The van der Waals surface area contributed by atoms with Crippen LogP contribution in [0.4, 0.5) is 0 Å². The zero-order chi connectivity index (χ0) is 19.8. The quantitative estimate of drug-likeness (QED) is 0.149. The summed E-state index contributed by atoms with van der Waals surface area (Å²) in [5.41, 5.74) is 0. The van der Waals surface area contributed by atoms with Gasteiger partial charge < -0.3 is 40.5 Å². The molecule has 0 aliphatic heterocycles. The summed E-state index contributed by atoms with van der Waals surface area (Å²) in [5, 5.41) is 60.2. The summed E-state index contributed by atoms with van der Waals surface area (Å²) in [4.78, 5) is 30.1. The molecule has 0 heterocycles. The van der Waals surface area contributed by atoms with Gasteiger partial charge in [-0.15, -0.1) is 0 Å². The topological polar surface area (TPSA) is 193 Å². The van der Waals surface area contributed by atoms with E-state index in [0.717, 1.165) is 19.3 Å². The number of hydrogen-bond donors (Lipinski definition) is 7. The summed E-state index contributed by atoms with van der Waals surface area (Å²) < 4.78 is 0. The Hall–Kier alpha value is -1.59. The van der Waals surface area contributed by atoms with E-state index in [1.54, 1.807) is 0 Å². The third kappa shape index (κ3) is 15.7. The van der Waals surface area contributed by atoms with Crippen LogP contribution in [-0.4, -0.2) is 85.0 Å². The minimum atomic E-state index is -1.79. The number of unbranched alkanes of at least 4 members (excludes halogenated alkanes) is 4. The predicted molar refractivity (Wildman–Crippen MR) is 84.8 cm³/mol. The molecule has 0 unspecified atom stereocenters. The van der Waals surface area contributed by atoms with Crippen molar-refractivity contribution in [1.29, 1.82) is 0 Å². The van der Waals surface area contributed by atoms with Crippen molar-refractivity contribution in [3.8, 4) is 0 Å². The fourth-order valence-electron chi connectivity index (χ4n) is 1.70. The summed E-state index contributed by atoms with van der Waals surface area (Å²) >= 11 is 0. The third-order valence-electron chi connectivity index (χ3n) is 3.20. The van der Waals surface area contributed by atoms with E-state index in [1.165, 1.54) is 0 Å². The monoisotopic (exact) mass is 368 g/mol. The number of hydrogen-bond acceptors (Lipinski definition) is 8. The molecule has 0 aromatic rings. The van der Waals surface area contributed by atoms with Crippen molar-refractivity contribution in [2.24, 2.45) is 0 Å². The van der Waals surface area contributed by atoms with Gasteiger partial charge >= 0.3 is 11.9 Å². The maximum atomic E-state index is 10.1. The van der Waals surface area contributed by atoms with E-state index in [0.29, 0.717) is 12.8 Å². The van der Waals surface area contributed by atoms with Crippen molar-refractivity contribution in [2.75, 3.05) is 6.61 Å². The second kappa shape index (κ2) is 15.9. The first kappa shape index (κ1) is 25.6. The number of carbonyl (C=O) groups is 3. The molecule has 7 N–H and O–H groups in total. The molecule has 0 spiro atoms. The van der Waals surface area contributed by atoms with Gasteiger partial charge in [0, 0.05) is 12.8 Å². The molecule has 4 atom stereocenters. The first-order valence-corrected chi connectivity index (χ1v) is 7.89. The van der Waals surface area contributed by atoms with E-state index in [9.17, 15) is 14.4 Å². The minimum absolute atomic E-state index is 0.0258. The molecule has 0 radical (unpaired) electrons. The molecule has 148 valence electrons. The summed E-state index contributed by atoms with van der Waals surface area (Å²) in [6.07, 6.45) is -2.31. The van der Waals surface area contributed by atoms with Gasteiger partial charge in [0.25, 0.3) is 0 Å². The van der Waals surface area contributed by atoms with Gasteiger partial charge in [0.15, 0.2) is 6.29 Å². The molecule has 0 rings (SSSR count). The lowest BCUT2D eigenvalue weighted by Gasteiger charge is -2.22. The molecule has 0 aromatic carbocycles. The van der Waals surface area contributed by atoms with E-state index >= 15 is 0 Å². The van der Waals surface area contributed by atoms with E-state index in [1.807, 2.05) is 0 Å². The van der Waals surface area contributed by atoms with Crippen molar-refractivity contribution in [3.05, 3.63) is 0 Å². The maximum Gasteiger partial charge on any atom is 0.303 e. The van der Waals surface area contributed by atoms with Gasteiger partial charge in [-0.1, -0.05) is 19.3 Å². The zero-order valence-corrected chi connectivity index (χ0v) is 13.9. The van der Waals surface area contributed by atoms with Crippen LogP contribution >= 0.6 is 0 Å². The number of rotatable bonds is 13. The molecule has 10 heteroatoms. The summed E-state index contributed by atoms with van der Waals surface area (Å²) in [7, 11) is 0. The van der Waals surface area contributed by atoms with E-state index in [-0.39, 0.29) is 19.1 Å². The highest BCUT2D eigenvalue weighted by Crippen LogP contribution is 2.07. The average molecular weight is 368 g/mol. The van der Waals surface area contributed by atoms with E-state index in [2.05, 4.69) is 0 Å². The maximum absolute atomic E-state index is 10.1. The molecule has 25 heavy (non-hydrogen) atoms. The second-order valence-corrected chi connectivity index (χ2v) is 5.41. The van der Waals surface area contributed by atoms with Gasteiger partial charge in [0.1, 0.15) is 24.4 Å². The molecule has 0 bridgehead atoms. The smallest absolute Gasteiger partial charge is 0.303 e. The minimum Gasteiger partial charge on any atom is -0.481 e. The Balaban J connectivity index is 0. The largest absolute Gasteiger partial charge is 0.481 e. The summed E-state index contributed by atoms with van der Waals surface area (Å²) in [5.74, 6) is -1.52. The highest BCUT2D eigenvalue weighted by molar-refractivity contribution is 5.66. The highest BCUT2D eigenvalue weighted by Gasteiger charge is 2.29. The Morgan fingerprint density at radius 3 is 1.48 bits per heavy atom. The van der Waals surface area contributed by atoms with Crippen LogP contribution in [0, 0.1) is 0 Å². The molecule has 10 nitrogen and oxygen atoms in total. The molecule has 0 amide bonds. The number of carboxylic acid groups (broad SMARTS) is 2. The molecule has 0 fully saturated rings. The Morgan fingerprint density at radius 2 is 1.16 bits per heavy atom. The number of aliphatic hydroxyl groups excluding tert-OH is 5. The van der Waals surface area contributed by atoms with Gasteiger partial charge in [-0.3, -0.25) is 9.59 Å². The lowest BCUT2D eigenvalue weighted by atomic mass is 10.0. The van der Waals surface area contributed by atoms with Crippen molar-refractivity contribution < 1.29 is 50.1 Å². The van der Waals surface area contributed by atoms with E-state index in [4.69, 9.17) is 35.7 Å². The highest BCUT2D eigenvalue weighted by atomic mass is 16.4. The van der Waals surface area contributed by atoms with Gasteiger partial charge in [0.05, 0.1) is 6.61 Å². The molecule has 0 aliphatic carbocycles. The molecular weight excluding hydrogens is 340 g/mol. The van der Waals surface area contributed by atoms with Gasteiger partial charge in [-0.25, -0.2) is 0 Å². The van der Waals surface area contributed by atoms with Crippen LogP contribution in [0.25, 0.3) is 0 Å². The van der Waals surface area contributed by atoms with Crippen molar-refractivity contribution in [3.63, 3.8) is 0 Å². The Kier molecular flexibility index (Phi) is 16.3. The zero-order valence-electron chi connectivity index (χ0n) is 13.9. The van der Waals surface area contributed by atoms with Crippen LogP contribution in [0.5, 0.6) is 0 Å². The molecule has 0 aliphatic rings.